The van der Waals surface area contributed by atoms with Crippen molar-refractivity contribution in [2.45, 2.75) is 20.0 Å². The van der Waals surface area contributed by atoms with E-state index >= 15 is 0 Å². The van der Waals surface area contributed by atoms with E-state index in [0.717, 1.165) is 22.0 Å². The van der Waals surface area contributed by atoms with Gasteiger partial charge < -0.3 is 9.88 Å². The summed E-state index contributed by atoms with van der Waals surface area (Å²) in [4.78, 5) is 38.6. The number of carbonyl (C=O) groups is 1. The molecule has 1 amide bonds. The number of aromatic amines is 1. The molecule has 3 aromatic heterocycles. The minimum atomic E-state index is -0.238. The quantitative estimate of drug-likeness (QED) is 0.571. The highest BCUT2D eigenvalue weighted by Gasteiger charge is 2.19. The molecule has 6 nitrogen and oxygen atoms in total. The first-order valence-corrected chi connectivity index (χ1v) is 9.32. The summed E-state index contributed by atoms with van der Waals surface area (Å²) in [7, 11) is 0. The molecule has 144 valence electrons. The van der Waals surface area contributed by atoms with E-state index in [0.29, 0.717) is 17.8 Å². The molecule has 0 saturated carbocycles. The van der Waals surface area contributed by atoms with Crippen LogP contribution >= 0.6 is 0 Å². The number of amides is 1. The molecule has 0 fully saturated rings. The Kier molecular flexibility index (Phi) is 5.16. The van der Waals surface area contributed by atoms with Gasteiger partial charge in [-0.2, -0.15) is 0 Å². The highest BCUT2D eigenvalue weighted by Crippen LogP contribution is 2.16. The van der Waals surface area contributed by atoms with Crippen LogP contribution in [0.1, 0.15) is 27.2 Å². The monoisotopic (exact) mass is 384 g/mol. The summed E-state index contributed by atoms with van der Waals surface area (Å²) >= 11 is 0. The van der Waals surface area contributed by atoms with Gasteiger partial charge in [-0.1, -0.05) is 24.3 Å². The predicted molar refractivity (Wildman–Crippen MR) is 111 cm³/mol. The number of H-pyrrole nitrogens is 1. The van der Waals surface area contributed by atoms with Crippen molar-refractivity contribution in [3.63, 3.8) is 0 Å². The maximum atomic E-state index is 13.1. The molecule has 4 aromatic rings. The second kappa shape index (κ2) is 8.06. The Balaban J connectivity index is 1.70. The predicted octanol–water partition coefficient (Wildman–Crippen LogP) is 3.47. The van der Waals surface area contributed by atoms with Crippen molar-refractivity contribution in [1.29, 1.82) is 0 Å². The van der Waals surface area contributed by atoms with Gasteiger partial charge in [-0.05, 0) is 53.8 Å². The molecule has 1 N–H and O–H groups in total. The van der Waals surface area contributed by atoms with Crippen molar-refractivity contribution in [2.75, 3.05) is 0 Å². The molecular weight excluding hydrogens is 364 g/mol. The number of nitrogens with one attached hydrogen (secondary N) is 1. The number of hydrogen-bond acceptors (Lipinski definition) is 4. The molecule has 0 bridgehead atoms. The van der Waals surface area contributed by atoms with E-state index in [1.54, 1.807) is 41.7 Å². The standard InChI is InChI=1S/C23H20N4O2/c1-16-7-8-18-12-19(22(28)26-21(18)11-16)15-27(14-17-5-4-9-24-13-17)23(29)20-6-2-3-10-25-20/h2-13H,14-15H2,1H3,(H,26,28). The minimum Gasteiger partial charge on any atom is -0.328 e. The fourth-order valence-corrected chi connectivity index (χ4v) is 3.25. The number of pyridine rings is 3. The largest absolute Gasteiger partial charge is 0.328 e. The van der Waals surface area contributed by atoms with Crippen molar-refractivity contribution in [3.8, 4) is 0 Å². The molecule has 1 aromatic carbocycles. The van der Waals surface area contributed by atoms with Crippen molar-refractivity contribution in [3.05, 3.63) is 106 Å². The lowest BCUT2D eigenvalue weighted by atomic mass is 10.1. The summed E-state index contributed by atoms with van der Waals surface area (Å²) in [5.74, 6) is -0.238. The topological polar surface area (TPSA) is 79.0 Å². The lowest BCUT2D eigenvalue weighted by molar-refractivity contribution is 0.0723. The van der Waals surface area contributed by atoms with Gasteiger partial charge in [0.1, 0.15) is 5.69 Å². The molecule has 0 saturated heterocycles. The first-order valence-electron chi connectivity index (χ1n) is 9.32. The molecule has 0 atom stereocenters. The van der Waals surface area contributed by atoms with Gasteiger partial charge in [0.05, 0.1) is 6.54 Å². The number of benzene rings is 1. The van der Waals surface area contributed by atoms with Crippen LogP contribution < -0.4 is 5.56 Å². The van der Waals surface area contributed by atoms with E-state index in [2.05, 4.69) is 15.0 Å². The van der Waals surface area contributed by atoms with Crippen LogP contribution in [-0.4, -0.2) is 25.8 Å². The van der Waals surface area contributed by atoms with E-state index in [9.17, 15) is 9.59 Å². The Morgan fingerprint density at radius 3 is 2.69 bits per heavy atom. The third-order valence-corrected chi connectivity index (χ3v) is 4.71. The number of aromatic nitrogens is 3. The van der Waals surface area contributed by atoms with E-state index in [4.69, 9.17) is 0 Å². The first kappa shape index (κ1) is 18.6. The van der Waals surface area contributed by atoms with Gasteiger partial charge in [0, 0.05) is 36.2 Å². The average Bonchev–Trinajstić information content (AvgIpc) is 2.74. The molecule has 0 aliphatic carbocycles. The fourth-order valence-electron chi connectivity index (χ4n) is 3.25. The zero-order chi connectivity index (χ0) is 20.2. The number of rotatable bonds is 5. The van der Waals surface area contributed by atoms with E-state index in [1.165, 1.54) is 0 Å². The van der Waals surface area contributed by atoms with Gasteiger partial charge in [0.2, 0.25) is 0 Å². The normalized spacial score (nSPS) is 10.8. The van der Waals surface area contributed by atoms with Crippen LogP contribution in [0.15, 0.2) is 78.0 Å². The molecule has 6 heteroatoms. The van der Waals surface area contributed by atoms with E-state index < -0.39 is 0 Å². The summed E-state index contributed by atoms with van der Waals surface area (Å²) < 4.78 is 0. The summed E-state index contributed by atoms with van der Waals surface area (Å²) in [6, 6.07) is 16.7. The molecule has 0 spiro atoms. The van der Waals surface area contributed by atoms with Crippen LogP contribution in [0, 0.1) is 6.92 Å². The van der Waals surface area contributed by atoms with Crippen molar-refractivity contribution in [1.82, 2.24) is 19.9 Å². The molecule has 0 aliphatic rings. The van der Waals surface area contributed by atoms with Crippen LogP contribution in [0.25, 0.3) is 10.9 Å². The van der Waals surface area contributed by atoms with Gasteiger partial charge in [-0.3, -0.25) is 19.6 Å². The lowest BCUT2D eigenvalue weighted by Gasteiger charge is -2.22. The van der Waals surface area contributed by atoms with Crippen LogP contribution in [-0.2, 0) is 13.1 Å². The molecule has 0 unspecified atom stereocenters. The molecule has 3 heterocycles. The third kappa shape index (κ3) is 4.21. The number of carbonyl (C=O) groups excluding carboxylic acids is 1. The Bertz CT molecular complexity index is 1200. The third-order valence-electron chi connectivity index (χ3n) is 4.71. The summed E-state index contributed by atoms with van der Waals surface area (Å²) in [5.41, 5.74) is 3.40. The maximum Gasteiger partial charge on any atom is 0.273 e. The zero-order valence-electron chi connectivity index (χ0n) is 16.0. The molecule has 29 heavy (non-hydrogen) atoms. The van der Waals surface area contributed by atoms with Gasteiger partial charge in [-0.15, -0.1) is 0 Å². The second-order valence-corrected chi connectivity index (χ2v) is 6.95. The average molecular weight is 384 g/mol. The van der Waals surface area contributed by atoms with Crippen molar-refractivity contribution < 1.29 is 4.79 Å². The van der Waals surface area contributed by atoms with Crippen LogP contribution in [0.5, 0.6) is 0 Å². The number of aryl methyl sites for hydroxylation is 1. The SMILES string of the molecule is Cc1ccc2cc(CN(Cc3cccnc3)C(=O)c3ccccn3)c(=O)[nH]c2c1. The van der Waals surface area contributed by atoms with Gasteiger partial charge >= 0.3 is 0 Å². The van der Waals surface area contributed by atoms with Crippen LogP contribution in [0.4, 0.5) is 0 Å². The Labute approximate surface area is 167 Å². The van der Waals surface area contributed by atoms with Crippen molar-refractivity contribution in [2.24, 2.45) is 0 Å². The summed E-state index contributed by atoms with van der Waals surface area (Å²) in [6.07, 6.45) is 4.98. The highest BCUT2D eigenvalue weighted by molar-refractivity contribution is 5.92. The fraction of sp³-hybridized carbons (Fsp3) is 0.130. The molecule has 0 aliphatic heterocycles. The second-order valence-electron chi connectivity index (χ2n) is 6.95. The Morgan fingerprint density at radius 1 is 1.03 bits per heavy atom. The smallest absolute Gasteiger partial charge is 0.273 e. The van der Waals surface area contributed by atoms with Crippen LogP contribution in [0.2, 0.25) is 0 Å². The Hall–Kier alpha value is -3.80. The lowest BCUT2D eigenvalue weighted by Crippen LogP contribution is -2.33. The number of nitrogens with zero attached hydrogens (tertiary/aromatic N) is 3. The van der Waals surface area contributed by atoms with E-state index in [1.807, 2.05) is 43.3 Å². The van der Waals surface area contributed by atoms with Gasteiger partial charge in [0.25, 0.3) is 11.5 Å². The number of fused-ring (bicyclic) bond motifs is 1. The summed E-state index contributed by atoms with van der Waals surface area (Å²) in [5, 5.41) is 0.928. The summed E-state index contributed by atoms with van der Waals surface area (Å²) in [6.45, 7) is 2.48. The Morgan fingerprint density at radius 2 is 1.93 bits per heavy atom. The minimum absolute atomic E-state index is 0.170. The molecule has 0 radical (unpaired) electrons. The maximum absolute atomic E-state index is 13.1. The van der Waals surface area contributed by atoms with Gasteiger partial charge in [-0.25, -0.2) is 0 Å². The number of hydrogen-bond donors (Lipinski definition) is 1. The molecular formula is C23H20N4O2. The zero-order valence-corrected chi connectivity index (χ0v) is 16.0. The van der Waals surface area contributed by atoms with E-state index in [-0.39, 0.29) is 18.0 Å². The highest BCUT2D eigenvalue weighted by atomic mass is 16.2. The van der Waals surface area contributed by atoms with Crippen molar-refractivity contribution >= 4 is 16.8 Å². The van der Waals surface area contributed by atoms with Gasteiger partial charge in [0.15, 0.2) is 0 Å². The molecule has 4 rings (SSSR count). The first-order chi connectivity index (χ1) is 14.1. The van der Waals surface area contributed by atoms with Crippen LogP contribution in [0.3, 0.4) is 0 Å².